The number of benzene rings is 1. The van der Waals surface area contributed by atoms with Crippen molar-refractivity contribution in [3.05, 3.63) is 40.2 Å². The van der Waals surface area contributed by atoms with Crippen molar-refractivity contribution in [1.82, 2.24) is 10.2 Å². The molecule has 2 rings (SSSR count). The van der Waals surface area contributed by atoms with Gasteiger partial charge in [0.15, 0.2) is 11.5 Å². The Hall–Kier alpha value is -2.83. The first-order valence-electron chi connectivity index (χ1n) is 5.62. The van der Waals surface area contributed by atoms with Crippen molar-refractivity contribution in [3.63, 3.8) is 0 Å². The van der Waals surface area contributed by atoms with Crippen LogP contribution in [0, 0.1) is 0 Å². The second kappa shape index (κ2) is 5.43. The maximum absolute atomic E-state index is 11.6. The average Bonchev–Trinajstić information content (AvgIpc) is 2.45. The molecule has 0 aliphatic carbocycles. The highest BCUT2D eigenvalue weighted by atomic mass is 16.5. The molecule has 0 atom stereocenters. The second-order valence-electron chi connectivity index (χ2n) is 3.87. The predicted molar refractivity (Wildman–Crippen MR) is 70.4 cm³/mol. The summed E-state index contributed by atoms with van der Waals surface area (Å²) in [5.41, 5.74) is -0.194. The van der Waals surface area contributed by atoms with Gasteiger partial charge in [-0.25, -0.2) is 4.79 Å². The molecule has 104 valence electrons. The lowest BCUT2D eigenvalue weighted by Crippen LogP contribution is -2.17. The van der Waals surface area contributed by atoms with Gasteiger partial charge in [-0.2, -0.15) is 5.10 Å². The van der Waals surface area contributed by atoms with Crippen LogP contribution in [0.25, 0.3) is 11.3 Å². The van der Waals surface area contributed by atoms with Crippen LogP contribution in [0.15, 0.2) is 29.1 Å². The minimum absolute atomic E-state index is 0.390. The number of carbonyl (C=O) groups is 1. The van der Waals surface area contributed by atoms with Gasteiger partial charge >= 0.3 is 5.97 Å². The van der Waals surface area contributed by atoms with Crippen molar-refractivity contribution >= 4 is 5.97 Å². The molecule has 7 nitrogen and oxygen atoms in total. The minimum Gasteiger partial charge on any atom is -0.493 e. The van der Waals surface area contributed by atoms with E-state index >= 15 is 0 Å². The molecule has 20 heavy (non-hydrogen) atoms. The molecule has 0 saturated heterocycles. The molecule has 0 aliphatic rings. The molecule has 0 unspecified atom stereocenters. The molecule has 0 fully saturated rings. The lowest BCUT2D eigenvalue weighted by atomic mass is 10.1. The summed E-state index contributed by atoms with van der Waals surface area (Å²) in [6, 6.07) is 6.22. The summed E-state index contributed by atoms with van der Waals surface area (Å²) in [5.74, 6) is -0.327. The Labute approximate surface area is 113 Å². The fourth-order valence-electron chi connectivity index (χ4n) is 1.71. The van der Waals surface area contributed by atoms with E-state index in [9.17, 15) is 9.59 Å². The number of nitrogens with zero attached hydrogens (tertiary/aromatic N) is 1. The quantitative estimate of drug-likeness (QED) is 0.868. The molecule has 7 heteroatoms. The third kappa shape index (κ3) is 2.46. The first kappa shape index (κ1) is 13.6. The van der Waals surface area contributed by atoms with E-state index in [4.69, 9.17) is 14.6 Å². The summed E-state index contributed by atoms with van der Waals surface area (Å²) in [6.07, 6.45) is 0. The van der Waals surface area contributed by atoms with E-state index < -0.39 is 17.1 Å². The minimum atomic E-state index is -1.37. The second-order valence-corrected chi connectivity index (χ2v) is 3.87. The summed E-state index contributed by atoms with van der Waals surface area (Å²) in [5, 5.41) is 14.8. The van der Waals surface area contributed by atoms with E-state index in [1.807, 2.05) is 0 Å². The van der Waals surface area contributed by atoms with Gasteiger partial charge in [0.1, 0.15) is 0 Å². The molecular weight excluding hydrogens is 264 g/mol. The molecule has 2 N–H and O–H groups in total. The number of aromatic carboxylic acids is 1. The van der Waals surface area contributed by atoms with Gasteiger partial charge in [-0.3, -0.25) is 9.89 Å². The van der Waals surface area contributed by atoms with Crippen LogP contribution in [0.3, 0.4) is 0 Å². The van der Waals surface area contributed by atoms with Crippen molar-refractivity contribution in [2.45, 2.75) is 0 Å². The van der Waals surface area contributed by atoms with Gasteiger partial charge in [0.25, 0.3) is 0 Å². The van der Waals surface area contributed by atoms with Gasteiger partial charge in [-0.1, -0.05) is 0 Å². The molecular formula is C13H12N2O5. The lowest BCUT2D eigenvalue weighted by Gasteiger charge is -2.09. The van der Waals surface area contributed by atoms with Gasteiger partial charge in [-0.15, -0.1) is 0 Å². The number of carboxylic acid groups (broad SMARTS) is 1. The average molecular weight is 276 g/mol. The van der Waals surface area contributed by atoms with E-state index in [2.05, 4.69) is 10.2 Å². The highest BCUT2D eigenvalue weighted by molar-refractivity contribution is 5.85. The van der Waals surface area contributed by atoms with E-state index in [0.717, 1.165) is 0 Å². The van der Waals surface area contributed by atoms with Gasteiger partial charge in [-0.05, 0) is 18.2 Å². The van der Waals surface area contributed by atoms with Gasteiger partial charge in [0.2, 0.25) is 11.1 Å². The summed E-state index contributed by atoms with van der Waals surface area (Å²) >= 11 is 0. The zero-order valence-corrected chi connectivity index (χ0v) is 10.8. The smallest absolute Gasteiger partial charge is 0.360 e. The van der Waals surface area contributed by atoms with Crippen molar-refractivity contribution < 1.29 is 19.4 Å². The van der Waals surface area contributed by atoms with Gasteiger partial charge in [0, 0.05) is 11.6 Å². The highest BCUT2D eigenvalue weighted by Crippen LogP contribution is 2.30. The van der Waals surface area contributed by atoms with Crippen molar-refractivity contribution in [1.29, 1.82) is 0 Å². The van der Waals surface area contributed by atoms with Crippen LogP contribution >= 0.6 is 0 Å². The summed E-state index contributed by atoms with van der Waals surface area (Å²) in [6.45, 7) is 0. The van der Waals surface area contributed by atoms with Crippen molar-refractivity contribution in [3.8, 4) is 22.8 Å². The number of nitrogens with one attached hydrogen (secondary N) is 1. The Morgan fingerprint density at radius 2 is 1.90 bits per heavy atom. The Kier molecular flexibility index (Phi) is 3.69. The van der Waals surface area contributed by atoms with Crippen LogP contribution < -0.4 is 14.9 Å². The Morgan fingerprint density at radius 3 is 2.45 bits per heavy atom. The first-order chi connectivity index (χ1) is 9.56. The van der Waals surface area contributed by atoms with Crippen LogP contribution in [0.1, 0.15) is 10.5 Å². The number of rotatable bonds is 4. The fraction of sp³-hybridized carbons (Fsp3) is 0.154. The zero-order valence-electron chi connectivity index (χ0n) is 10.8. The normalized spacial score (nSPS) is 10.1. The zero-order chi connectivity index (χ0) is 14.7. The number of ether oxygens (including phenoxy) is 2. The number of aromatic nitrogens is 2. The molecule has 1 heterocycles. The molecule has 2 aromatic rings. The highest BCUT2D eigenvalue weighted by Gasteiger charge is 2.12. The van der Waals surface area contributed by atoms with Crippen LogP contribution in [0.5, 0.6) is 11.5 Å². The van der Waals surface area contributed by atoms with E-state index in [-0.39, 0.29) is 0 Å². The number of hydrogen-bond donors (Lipinski definition) is 2. The molecule has 1 aromatic heterocycles. The molecule has 0 amide bonds. The van der Waals surface area contributed by atoms with Crippen LogP contribution in [0.4, 0.5) is 0 Å². The molecule has 0 bridgehead atoms. The van der Waals surface area contributed by atoms with Gasteiger partial charge in [0.05, 0.1) is 19.9 Å². The van der Waals surface area contributed by atoms with Gasteiger partial charge < -0.3 is 14.6 Å². The Balaban J connectivity index is 2.49. The van der Waals surface area contributed by atoms with E-state index in [1.165, 1.54) is 20.3 Å². The van der Waals surface area contributed by atoms with Crippen molar-refractivity contribution in [2.24, 2.45) is 0 Å². The standard InChI is InChI=1S/C13H12N2O5/c1-19-10-4-3-7(5-11(10)20-2)8-6-9(16)12(13(17)18)15-14-8/h3-6H,1-2H3,(H,14,16)(H,17,18). The molecule has 0 spiro atoms. The maximum Gasteiger partial charge on any atom is 0.360 e. The number of hydrogen-bond acceptors (Lipinski definition) is 5. The number of carboxylic acids is 1. The van der Waals surface area contributed by atoms with Crippen molar-refractivity contribution in [2.75, 3.05) is 14.2 Å². The SMILES string of the molecule is COc1ccc(-c2cc(=O)c(C(=O)O)n[nH]2)cc1OC. The topological polar surface area (TPSA) is 102 Å². The number of H-pyrrole nitrogens is 1. The third-order valence-corrected chi connectivity index (χ3v) is 2.69. The molecule has 0 aliphatic heterocycles. The summed E-state index contributed by atoms with van der Waals surface area (Å²) in [4.78, 5) is 22.3. The lowest BCUT2D eigenvalue weighted by molar-refractivity contribution is 0.0687. The molecule has 0 saturated carbocycles. The number of aromatic amines is 1. The molecule has 0 radical (unpaired) electrons. The fourth-order valence-corrected chi connectivity index (χ4v) is 1.71. The van der Waals surface area contributed by atoms with Crippen LogP contribution in [-0.4, -0.2) is 35.5 Å². The predicted octanol–water partition coefficient (Wildman–Crippen LogP) is 1.15. The molecule has 1 aromatic carbocycles. The van der Waals surface area contributed by atoms with Crippen LogP contribution in [-0.2, 0) is 0 Å². The maximum atomic E-state index is 11.6. The van der Waals surface area contributed by atoms with Crippen LogP contribution in [0.2, 0.25) is 0 Å². The summed E-state index contributed by atoms with van der Waals surface area (Å²) in [7, 11) is 3.01. The third-order valence-electron chi connectivity index (χ3n) is 2.69. The van der Waals surface area contributed by atoms with E-state index in [1.54, 1.807) is 18.2 Å². The van der Waals surface area contributed by atoms with E-state index in [0.29, 0.717) is 22.8 Å². The monoisotopic (exact) mass is 276 g/mol. The Morgan fingerprint density at radius 1 is 1.20 bits per heavy atom. The largest absolute Gasteiger partial charge is 0.493 e. The first-order valence-corrected chi connectivity index (χ1v) is 5.62. The number of methoxy groups -OCH3 is 2. The Bertz CT molecular complexity index is 708. The summed E-state index contributed by atoms with van der Waals surface area (Å²) < 4.78 is 10.3.